The third kappa shape index (κ3) is 4.27. The first kappa shape index (κ1) is 15.4. The van der Waals surface area contributed by atoms with Gasteiger partial charge in [0.25, 0.3) is 0 Å². The molecule has 0 fully saturated rings. The minimum atomic E-state index is 0.811. The van der Waals surface area contributed by atoms with Crippen molar-refractivity contribution in [3.05, 3.63) is 58.6 Å². The Morgan fingerprint density at radius 3 is 2.60 bits per heavy atom. The minimum absolute atomic E-state index is 0.811. The van der Waals surface area contributed by atoms with Gasteiger partial charge in [0.1, 0.15) is 0 Å². The maximum Gasteiger partial charge on any atom is 0.0545 e. The molecule has 106 valence electrons. The molecule has 0 saturated heterocycles. The van der Waals surface area contributed by atoms with E-state index in [0.717, 1.165) is 23.0 Å². The van der Waals surface area contributed by atoms with Crippen LogP contribution in [0.5, 0.6) is 0 Å². The van der Waals surface area contributed by atoms with Crippen molar-refractivity contribution < 1.29 is 0 Å². The van der Waals surface area contributed by atoms with Gasteiger partial charge in [0, 0.05) is 16.3 Å². The Labute approximate surface area is 130 Å². The summed E-state index contributed by atoms with van der Waals surface area (Å²) in [7, 11) is 0. The van der Waals surface area contributed by atoms with Crippen molar-refractivity contribution in [1.29, 1.82) is 0 Å². The molecule has 0 bridgehead atoms. The first-order chi connectivity index (χ1) is 9.70. The molecule has 0 aliphatic carbocycles. The lowest BCUT2D eigenvalue weighted by molar-refractivity contribution is 0.675. The molecule has 0 spiro atoms. The molecule has 0 saturated carbocycles. The zero-order valence-corrected chi connectivity index (χ0v) is 13.5. The van der Waals surface area contributed by atoms with Gasteiger partial charge in [-0.25, -0.2) is 0 Å². The van der Waals surface area contributed by atoms with Crippen LogP contribution in [0.25, 0.3) is 0 Å². The topological polar surface area (TPSA) is 12.0 Å². The van der Waals surface area contributed by atoms with E-state index in [2.05, 4.69) is 43.4 Å². The molecule has 0 aromatic heterocycles. The molecule has 0 unspecified atom stereocenters. The molecule has 3 heteroatoms. The number of hydrogen-bond donors (Lipinski definition) is 1. The van der Waals surface area contributed by atoms with E-state index in [9.17, 15) is 0 Å². The van der Waals surface area contributed by atoms with Gasteiger partial charge in [-0.1, -0.05) is 54.6 Å². The van der Waals surface area contributed by atoms with Crippen LogP contribution in [0, 0.1) is 6.92 Å². The summed E-state index contributed by atoms with van der Waals surface area (Å²) >= 11 is 7.94. The van der Waals surface area contributed by atoms with Crippen molar-refractivity contribution in [3.8, 4) is 0 Å². The monoisotopic (exact) mass is 305 g/mol. The first-order valence-electron chi connectivity index (χ1n) is 6.93. The highest BCUT2D eigenvalue weighted by atomic mass is 35.5. The molecule has 2 aromatic rings. The summed E-state index contributed by atoms with van der Waals surface area (Å²) in [6.07, 6.45) is 1.17. The SMILES string of the molecule is CCCNCc1ccc(Sc2ccccc2Cl)c(C)c1. The normalized spacial score (nSPS) is 10.8. The summed E-state index contributed by atoms with van der Waals surface area (Å²) in [5.74, 6) is 0. The second-order valence-corrected chi connectivity index (χ2v) is 6.30. The highest BCUT2D eigenvalue weighted by Gasteiger charge is 2.05. The van der Waals surface area contributed by atoms with Crippen LogP contribution < -0.4 is 5.32 Å². The van der Waals surface area contributed by atoms with E-state index in [1.165, 1.54) is 22.4 Å². The van der Waals surface area contributed by atoms with Crippen molar-refractivity contribution in [2.75, 3.05) is 6.54 Å². The minimum Gasteiger partial charge on any atom is -0.313 e. The fraction of sp³-hybridized carbons (Fsp3) is 0.294. The van der Waals surface area contributed by atoms with E-state index < -0.39 is 0 Å². The molecule has 0 aliphatic rings. The number of benzene rings is 2. The molecule has 1 nitrogen and oxygen atoms in total. The van der Waals surface area contributed by atoms with Gasteiger partial charge >= 0.3 is 0 Å². The van der Waals surface area contributed by atoms with Gasteiger partial charge in [0.2, 0.25) is 0 Å². The Kier molecular flexibility index (Phi) is 5.96. The first-order valence-corrected chi connectivity index (χ1v) is 8.12. The number of halogens is 1. The summed E-state index contributed by atoms with van der Waals surface area (Å²) in [4.78, 5) is 2.37. The van der Waals surface area contributed by atoms with E-state index in [1.54, 1.807) is 11.8 Å². The molecule has 2 aromatic carbocycles. The van der Waals surface area contributed by atoms with Crippen molar-refractivity contribution in [2.24, 2.45) is 0 Å². The zero-order valence-electron chi connectivity index (χ0n) is 11.9. The molecular formula is C17H20ClNS. The predicted molar refractivity (Wildman–Crippen MR) is 88.8 cm³/mol. The molecule has 0 heterocycles. The Balaban J connectivity index is 2.08. The van der Waals surface area contributed by atoms with E-state index >= 15 is 0 Å². The van der Waals surface area contributed by atoms with E-state index in [0.29, 0.717) is 0 Å². The van der Waals surface area contributed by atoms with Crippen molar-refractivity contribution in [2.45, 2.75) is 36.6 Å². The van der Waals surface area contributed by atoms with Gasteiger partial charge in [-0.15, -0.1) is 0 Å². The lowest BCUT2D eigenvalue weighted by Crippen LogP contribution is -2.13. The fourth-order valence-electron chi connectivity index (χ4n) is 1.99. The van der Waals surface area contributed by atoms with Crippen molar-refractivity contribution >= 4 is 23.4 Å². The van der Waals surface area contributed by atoms with Crippen LogP contribution in [0.2, 0.25) is 5.02 Å². The maximum absolute atomic E-state index is 6.21. The van der Waals surface area contributed by atoms with Crippen LogP contribution in [0.4, 0.5) is 0 Å². The van der Waals surface area contributed by atoms with Crippen LogP contribution in [-0.2, 0) is 6.54 Å². The van der Waals surface area contributed by atoms with E-state index in [4.69, 9.17) is 11.6 Å². The van der Waals surface area contributed by atoms with Crippen LogP contribution in [0.1, 0.15) is 24.5 Å². The second-order valence-electron chi connectivity index (χ2n) is 4.81. The fourth-order valence-corrected chi connectivity index (χ4v) is 3.15. The van der Waals surface area contributed by atoms with Crippen molar-refractivity contribution in [3.63, 3.8) is 0 Å². The lowest BCUT2D eigenvalue weighted by Gasteiger charge is -2.10. The van der Waals surface area contributed by atoms with Gasteiger partial charge < -0.3 is 5.32 Å². The highest BCUT2D eigenvalue weighted by molar-refractivity contribution is 7.99. The van der Waals surface area contributed by atoms with Crippen molar-refractivity contribution in [1.82, 2.24) is 5.32 Å². The molecule has 0 aliphatic heterocycles. The number of rotatable bonds is 6. The zero-order chi connectivity index (χ0) is 14.4. The summed E-state index contributed by atoms with van der Waals surface area (Å²) in [5.41, 5.74) is 2.63. The van der Waals surface area contributed by atoms with E-state index in [-0.39, 0.29) is 0 Å². The molecule has 20 heavy (non-hydrogen) atoms. The van der Waals surface area contributed by atoms with Crippen LogP contribution in [0.15, 0.2) is 52.3 Å². The molecule has 0 amide bonds. The van der Waals surface area contributed by atoms with E-state index in [1.807, 2.05) is 18.2 Å². The quantitative estimate of drug-likeness (QED) is 0.727. The van der Waals surface area contributed by atoms with Crippen LogP contribution in [-0.4, -0.2) is 6.54 Å². The smallest absolute Gasteiger partial charge is 0.0545 e. The maximum atomic E-state index is 6.21. The van der Waals surface area contributed by atoms with Gasteiger partial charge in [-0.2, -0.15) is 0 Å². The van der Waals surface area contributed by atoms with Crippen LogP contribution >= 0.6 is 23.4 Å². The highest BCUT2D eigenvalue weighted by Crippen LogP contribution is 2.34. The lowest BCUT2D eigenvalue weighted by atomic mass is 10.1. The molecule has 0 atom stereocenters. The Hall–Kier alpha value is -0.960. The van der Waals surface area contributed by atoms with Gasteiger partial charge in [0.15, 0.2) is 0 Å². The largest absolute Gasteiger partial charge is 0.313 e. The van der Waals surface area contributed by atoms with Gasteiger partial charge in [0.05, 0.1) is 5.02 Å². The van der Waals surface area contributed by atoms with Gasteiger partial charge in [-0.3, -0.25) is 0 Å². The predicted octanol–water partition coefficient (Wildman–Crippen LogP) is 5.30. The number of hydrogen-bond acceptors (Lipinski definition) is 2. The third-order valence-corrected chi connectivity index (χ3v) is 4.75. The average Bonchev–Trinajstić information content (AvgIpc) is 2.44. The Morgan fingerprint density at radius 1 is 1.10 bits per heavy atom. The summed E-state index contributed by atoms with van der Waals surface area (Å²) in [6.45, 7) is 6.34. The molecule has 1 N–H and O–H groups in total. The summed E-state index contributed by atoms with van der Waals surface area (Å²) in [6, 6.07) is 14.6. The van der Waals surface area contributed by atoms with Gasteiger partial charge in [-0.05, 0) is 49.2 Å². The third-order valence-electron chi connectivity index (χ3n) is 3.05. The summed E-state index contributed by atoms with van der Waals surface area (Å²) in [5, 5.41) is 4.24. The molecule has 0 radical (unpaired) electrons. The Morgan fingerprint density at radius 2 is 1.90 bits per heavy atom. The number of aryl methyl sites for hydroxylation is 1. The molecule has 2 rings (SSSR count). The second kappa shape index (κ2) is 7.72. The Bertz CT molecular complexity index is 569. The number of nitrogens with one attached hydrogen (secondary N) is 1. The molecular weight excluding hydrogens is 286 g/mol. The van der Waals surface area contributed by atoms with Crippen LogP contribution in [0.3, 0.4) is 0 Å². The standard InChI is InChI=1S/C17H20ClNS/c1-3-10-19-12-14-8-9-16(13(2)11-14)20-17-7-5-4-6-15(17)18/h4-9,11,19H,3,10,12H2,1-2H3. The average molecular weight is 306 g/mol. The summed E-state index contributed by atoms with van der Waals surface area (Å²) < 4.78 is 0.